The summed E-state index contributed by atoms with van der Waals surface area (Å²) in [4.78, 5) is 0. The van der Waals surface area contributed by atoms with Crippen LogP contribution in [0.15, 0.2) is 4.47 Å². The van der Waals surface area contributed by atoms with Gasteiger partial charge in [0.2, 0.25) is 0 Å². The van der Waals surface area contributed by atoms with Gasteiger partial charge in [-0.1, -0.05) is 19.8 Å². The highest BCUT2D eigenvalue weighted by Crippen LogP contribution is 2.45. The molecular weight excluding hydrogens is 314 g/mol. The van der Waals surface area contributed by atoms with Gasteiger partial charge < -0.3 is 5.32 Å². The molecule has 112 valence electrons. The second-order valence-electron chi connectivity index (χ2n) is 6.50. The summed E-state index contributed by atoms with van der Waals surface area (Å²) in [6.45, 7) is 7.75. The van der Waals surface area contributed by atoms with Crippen LogP contribution in [0.25, 0.3) is 0 Å². The zero-order chi connectivity index (χ0) is 14.2. The van der Waals surface area contributed by atoms with Crippen molar-refractivity contribution in [1.29, 1.82) is 0 Å². The third-order valence-corrected chi connectivity index (χ3v) is 6.30. The van der Waals surface area contributed by atoms with Crippen LogP contribution in [0.3, 0.4) is 0 Å². The summed E-state index contributed by atoms with van der Waals surface area (Å²) >= 11 is 3.81. The van der Waals surface area contributed by atoms with Gasteiger partial charge in [-0.3, -0.25) is 4.68 Å². The van der Waals surface area contributed by atoms with Crippen molar-refractivity contribution in [2.24, 2.45) is 11.3 Å². The van der Waals surface area contributed by atoms with Crippen molar-refractivity contribution in [3.05, 3.63) is 15.9 Å². The van der Waals surface area contributed by atoms with E-state index in [4.69, 9.17) is 5.10 Å². The normalized spacial score (nSPS) is 22.1. The molecule has 1 aromatic heterocycles. The third-order valence-electron chi connectivity index (χ3n) is 5.39. The quantitative estimate of drug-likeness (QED) is 0.888. The summed E-state index contributed by atoms with van der Waals surface area (Å²) in [7, 11) is 0. The number of rotatable bonds is 5. The van der Waals surface area contributed by atoms with Crippen LogP contribution in [0.2, 0.25) is 0 Å². The Morgan fingerprint density at radius 2 is 2.00 bits per heavy atom. The average Bonchev–Trinajstić information content (AvgIpc) is 3.03. The van der Waals surface area contributed by atoms with E-state index in [1.165, 1.54) is 61.1 Å². The Hall–Kier alpha value is -0.350. The molecule has 2 fully saturated rings. The number of aryl methyl sites for hydroxylation is 2. The standard InChI is InChI=1S/C16H26BrN3/c1-3-13-15(17)14(20(4-2)19-13)9-16(10-18-11-16)12-7-5-6-8-12/h12,18H,3-11H2,1-2H3. The Balaban J connectivity index is 1.87. The van der Waals surface area contributed by atoms with Gasteiger partial charge in [-0.25, -0.2) is 0 Å². The molecule has 1 N–H and O–H groups in total. The molecule has 3 nitrogen and oxygen atoms in total. The molecule has 2 heterocycles. The molecule has 1 aliphatic heterocycles. The average molecular weight is 340 g/mol. The lowest BCUT2D eigenvalue weighted by Gasteiger charge is -2.47. The van der Waals surface area contributed by atoms with E-state index in [1.807, 2.05) is 0 Å². The molecule has 3 rings (SSSR count). The number of hydrogen-bond donors (Lipinski definition) is 1. The summed E-state index contributed by atoms with van der Waals surface area (Å²) in [6.07, 6.45) is 7.92. The number of aromatic nitrogens is 2. The van der Waals surface area contributed by atoms with Gasteiger partial charge in [0.25, 0.3) is 0 Å². The van der Waals surface area contributed by atoms with Gasteiger partial charge in [0.05, 0.1) is 15.9 Å². The first-order chi connectivity index (χ1) is 9.70. The molecule has 0 amide bonds. The molecule has 20 heavy (non-hydrogen) atoms. The molecule has 4 heteroatoms. The van der Waals surface area contributed by atoms with Crippen LogP contribution in [0.1, 0.15) is 50.9 Å². The van der Waals surface area contributed by atoms with E-state index in [9.17, 15) is 0 Å². The monoisotopic (exact) mass is 339 g/mol. The van der Waals surface area contributed by atoms with Crippen molar-refractivity contribution >= 4 is 15.9 Å². The maximum Gasteiger partial charge on any atom is 0.0766 e. The first-order valence-electron chi connectivity index (χ1n) is 8.15. The minimum absolute atomic E-state index is 0.497. The Labute approximate surface area is 130 Å². The third kappa shape index (κ3) is 2.35. The summed E-state index contributed by atoms with van der Waals surface area (Å²) in [5, 5.41) is 8.30. The van der Waals surface area contributed by atoms with Crippen molar-refractivity contribution in [2.45, 2.75) is 58.9 Å². The zero-order valence-electron chi connectivity index (χ0n) is 12.7. The molecule has 0 aromatic carbocycles. The van der Waals surface area contributed by atoms with Crippen LogP contribution in [-0.4, -0.2) is 22.9 Å². The lowest BCUT2D eigenvalue weighted by molar-refractivity contribution is 0.0783. The zero-order valence-corrected chi connectivity index (χ0v) is 14.3. The Kier molecular flexibility index (Phi) is 4.23. The van der Waals surface area contributed by atoms with E-state index in [2.05, 4.69) is 39.8 Å². The lowest BCUT2D eigenvalue weighted by Crippen LogP contribution is -2.58. The van der Waals surface area contributed by atoms with Crippen molar-refractivity contribution < 1.29 is 0 Å². The summed E-state index contributed by atoms with van der Waals surface area (Å²) in [5.74, 6) is 0.918. The van der Waals surface area contributed by atoms with Crippen LogP contribution in [0, 0.1) is 11.3 Å². The molecule has 1 saturated carbocycles. The van der Waals surface area contributed by atoms with E-state index < -0.39 is 0 Å². The summed E-state index contributed by atoms with van der Waals surface area (Å²) < 4.78 is 3.49. The van der Waals surface area contributed by atoms with E-state index in [-0.39, 0.29) is 0 Å². The van der Waals surface area contributed by atoms with E-state index in [0.717, 1.165) is 18.9 Å². The fourth-order valence-corrected chi connectivity index (χ4v) is 4.77. The maximum atomic E-state index is 4.77. The molecule has 0 bridgehead atoms. The summed E-state index contributed by atoms with van der Waals surface area (Å²) in [5.41, 5.74) is 3.14. The molecule has 1 saturated heterocycles. The fraction of sp³-hybridized carbons (Fsp3) is 0.812. The second kappa shape index (κ2) is 5.80. The second-order valence-corrected chi connectivity index (χ2v) is 7.29. The van der Waals surface area contributed by atoms with E-state index in [0.29, 0.717) is 5.41 Å². The highest BCUT2D eigenvalue weighted by Gasteiger charge is 2.45. The minimum Gasteiger partial charge on any atom is -0.315 e. The van der Waals surface area contributed by atoms with Gasteiger partial charge in [0, 0.05) is 25.0 Å². The maximum absolute atomic E-state index is 4.77. The molecule has 0 unspecified atom stereocenters. The number of nitrogens with one attached hydrogen (secondary N) is 1. The van der Waals surface area contributed by atoms with Crippen molar-refractivity contribution in [3.8, 4) is 0 Å². The van der Waals surface area contributed by atoms with E-state index in [1.54, 1.807) is 0 Å². The van der Waals surface area contributed by atoms with Crippen LogP contribution < -0.4 is 5.32 Å². The molecule has 0 spiro atoms. The van der Waals surface area contributed by atoms with Crippen LogP contribution in [0.4, 0.5) is 0 Å². The van der Waals surface area contributed by atoms with Gasteiger partial charge in [-0.2, -0.15) is 5.10 Å². The van der Waals surface area contributed by atoms with Gasteiger partial charge in [0.15, 0.2) is 0 Å². The molecule has 1 aliphatic carbocycles. The predicted molar refractivity (Wildman–Crippen MR) is 85.9 cm³/mol. The number of halogens is 1. The minimum atomic E-state index is 0.497. The van der Waals surface area contributed by atoms with Crippen molar-refractivity contribution in [3.63, 3.8) is 0 Å². The van der Waals surface area contributed by atoms with Crippen LogP contribution >= 0.6 is 15.9 Å². The van der Waals surface area contributed by atoms with Crippen LogP contribution in [0.5, 0.6) is 0 Å². The van der Waals surface area contributed by atoms with Crippen molar-refractivity contribution in [1.82, 2.24) is 15.1 Å². The fourth-order valence-electron chi connectivity index (χ4n) is 4.06. The summed E-state index contributed by atoms with van der Waals surface area (Å²) in [6, 6.07) is 0. The highest BCUT2D eigenvalue weighted by molar-refractivity contribution is 9.10. The molecule has 2 aliphatic rings. The van der Waals surface area contributed by atoms with Gasteiger partial charge in [-0.15, -0.1) is 0 Å². The highest BCUT2D eigenvalue weighted by atomic mass is 79.9. The Morgan fingerprint density at radius 1 is 1.30 bits per heavy atom. The van der Waals surface area contributed by atoms with Crippen molar-refractivity contribution in [2.75, 3.05) is 13.1 Å². The SMILES string of the molecule is CCc1nn(CC)c(CC2(C3CCCC3)CNC2)c1Br. The first kappa shape index (κ1) is 14.6. The Morgan fingerprint density at radius 3 is 2.50 bits per heavy atom. The van der Waals surface area contributed by atoms with Gasteiger partial charge in [-0.05, 0) is 54.5 Å². The topological polar surface area (TPSA) is 29.9 Å². The Bertz CT molecular complexity index is 470. The molecular formula is C16H26BrN3. The number of nitrogens with zero attached hydrogens (tertiary/aromatic N) is 2. The van der Waals surface area contributed by atoms with Gasteiger partial charge >= 0.3 is 0 Å². The smallest absolute Gasteiger partial charge is 0.0766 e. The van der Waals surface area contributed by atoms with Gasteiger partial charge in [0.1, 0.15) is 0 Å². The predicted octanol–water partition coefficient (Wildman–Crippen LogP) is 3.55. The molecule has 1 aromatic rings. The molecule has 0 radical (unpaired) electrons. The first-order valence-corrected chi connectivity index (χ1v) is 8.94. The van der Waals surface area contributed by atoms with E-state index >= 15 is 0 Å². The van der Waals surface area contributed by atoms with Crippen LogP contribution in [-0.2, 0) is 19.4 Å². The lowest BCUT2D eigenvalue weighted by atomic mass is 9.67. The largest absolute Gasteiger partial charge is 0.315 e. The number of hydrogen-bond acceptors (Lipinski definition) is 2. The molecule has 0 atom stereocenters.